The van der Waals surface area contributed by atoms with Crippen molar-refractivity contribution in [2.24, 2.45) is 0 Å². The summed E-state index contributed by atoms with van der Waals surface area (Å²) in [7, 11) is 0. The quantitative estimate of drug-likeness (QED) is 0.791. The van der Waals surface area contributed by atoms with E-state index in [0.717, 1.165) is 30.9 Å². The van der Waals surface area contributed by atoms with E-state index < -0.39 is 11.7 Å². The van der Waals surface area contributed by atoms with Crippen LogP contribution in [0.15, 0.2) is 24.3 Å². The first kappa shape index (κ1) is 12.8. The van der Waals surface area contributed by atoms with Crippen LogP contribution in [-0.2, 0) is 6.18 Å². The van der Waals surface area contributed by atoms with Crippen molar-refractivity contribution in [1.82, 2.24) is 4.90 Å². The van der Waals surface area contributed by atoms with Crippen molar-refractivity contribution >= 4 is 17.7 Å². The molecule has 2 heterocycles. The number of hydrogen-bond acceptors (Lipinski definition) is 2. The minimum Gasteiger partial charge on any atom is -0.334 e. The first-order valence-corrected chi connectivity index (χ1v) is 7.10. The molecule has 0 N–H and O–H groups in total. The van der Waals surface area contributed by atoms with Gasteiger partial charge in [0.1, 0.15) is 0 Å². The molecule has 0 aliphatic carbocycles. The van der Waals surface area contributed by atoms with Gasteiger partial charge in [-0.3, -0.25) is 4.79 Å². The van der Waals surface area contributed by atoms with Gasteiger partial charge in [-0.15, -0.1) is 0 Å². The number of rotatable bonds is 1. The van der Waals surface area contributed by atoms with Gasteiger partial charge >= 0.3 is 6.18 Å². The normalized spacial score (nSPS) is 25.9. The van der Waals surface area contributed by atoms with Gasteiger partial charge in [0.05, 0.1) is 5.56 Å². The maximum atomic E-state index is 12.4. The first-order chi connectivity index (χ1) is 8.95. The van der Waals surface area contributed by atoms with E-state index in [-0.39, 0.29) is 11.9 Å². The van der Waals surface area contributed by atoms with E-state index >= 15 is 0 Å². The average molecular weight is 287 g/mol. The Labute approximate surface area is 113 Å². The van der Waals surface area contributed by atoms with Crippen molar-refractivity contribution in [3.63, 3.8) is 0 Å². The number of alkyl halides is 3. The molecule has 2 atom stereocenters. The number of likely N-dealkylation sites (tertiary alicyclic amines) is 1. The Hall–Kier alpha value is -1.17. The highest BCUT2D eigenvalue weighted by molar-refractivity contribution is 8.00. The number of hydrogen-bond donors (Lipinski definition) is 0. The summed E-state index contributed by atoms with van der Waals surface area (Å²) in [6.07, 6.45) is -3.35. The molecule has 3 rings (SSSR count). The molecule has 19 heavy (non-hydrogen) atoms. The summed E-state index contributed by atoms with van der Waals surface area (Å²) in [5.74, 6) is 0.790. The van der Waals surface area contributed by atoms with Crippen LogP contribution >= 0.6 is 11.8 Å². The molecular weight excluding hydrogens is 275 g/mol. The van der Waals surface area contributed by atoms with E-state index in [1.807, 2.05) is 11.8 Å². The molecule has 0 spiro atoms. The predicted molar refractivity (Wildman–Crippen MR) is 67.1 cm³/mol. The van der Waals surface area contributed by atoms with Crippen LogP contribution in [0.25, 0.3) is 0 Å². The van der Waals surface area contributed by atoms with Crippen LogP contribution in [0.2, 0.25) is 0 Å². The molecular formula is C13H12F3NOS. The second kappa shape index (κ2) is 4.44. The van der Waals surface area contributed by atoms with Gasteiger partial charge in [-0.1, -0.05) is 0 Å². The van der Waals surface area contributed by atoms with Gasteiger partial charge in [-0.05, 0) is 30.7 Å². The van der Waals surface area contributed by atoms with Gasteiger partial charge in [0.25, 0.3) is 5.91 Å². The van der Waals surface area contributed by atoms with Gasteiger partial charge in [0, 0.05) is 29.2 Å². The summed E-state index contributed by atoms with van der Waals surface area (Å²) in [5, 5.41) is 0.503. The minimum absolute atomic E-state index is 0.151. The number of halogens is 3. The fraction of sp³-hybridized carbons (Fsp3) is 0.462. The number of carbonyl (C=O) groups excluding carboxylic acids is 1. The molecule has 2 aliphatic rings. The zero-order valence-corrected chi connectivity index (χ0v) is 10.8. The third-order valence-corrected chi connectivity index (χ3v) is 5.01. The van der Waals surface area contributed by atoms with Gasteiger partial charge in [-0.2, -0.15) is 24.9 Å². The SMILES string of the molecule is O=C(c1ccc(C(F)(F)F)cc1)N1CC2CC1CS2. The molecule has 0 radical (unpaired) electrons. The Bertz CT molecular complexity index is 500. The first-order valence-electron chi connectivity index (χ1n) is 6.05. The number of thioether (sulfide) groups is 1. The summed E-state index contributed by atoms with van der Waals surface area (Å²) in [6, 6.07) is 4.73. The molecule has 2 saturated heterocycles. The molecule has 0 aromatic heterocycles. The van der Waals surface area contributed by atoms with E-state index in [1.54, 1.807) is 4.90 Å². The number of amides is 1. The summed E-state index contributed by atoms with van der Waals surface area (Å²) < 4.78 is 37.3. The monoisotopic (exact) mass is 287 g/mol. The molecule has 6 heteroatoms. The number of fused-ring (bicyclic) bond motifs is 2. The van der Waals surface area contributed by atoms with E-state index in [1.165, 1.54) is 12.1 Å². The van der Waals surface area contributed by atoms with Crippen molar-refractivity contribution in [2.75, 3.05) is 12.3 Å². The van der Waals surface area contributed by atoms with Crippen molar-refractivity contribution in [1.29, 1.82) is 0 Å². The van der Waals surface area contributed by atoms with Gasteiger partial charge in [0.15, 0.2) is 0 Å². The topological polar surface area (TPSA) is 20.3 Å². The lowest BCUT2D eigenvalue weighted by Gasteiger charge is -2.26. The van der Waals surface area contributed by atoms with Crippen LogP contribution in [0.5, 0.6) is 0 Å². The smallest absolute Gasteiger partial charge is 0.334 e. The van der Waals surface area contributed by atoms with Crippen LogP contribution in [0.3, 0.4) is 0 Å². The molecule has 102 valence electrons. The third kappa shape index (κ3) is 2.33. The van der Waals surface area contributed by atoms with Crippen LogP contribution in [0, 0.1) is 0 Å². The maximum Gasteiger partial charge on any atom is 0.416 e. The number of benzene rings is 1. The fourth-order valence-corrected chi connectivity index (χ4v) is 4.05. The summed E-state index contributed by atoms with van der Waals surface area (Å²) in [4.78, 5) is 14.0. The van der Waals surface area contributed by atoms with E-state index in [2.05, 4.69) is 0 Å². The van der Waals surface area contributed by atoms with Crippen LogP contribution in [0.1, 0.15) is 22.3 Å². The largest absolute Gasteiger partial charge is 0.416 e. The highest BCUT2D eigenvalue weighted by Gasteiger charge is 2.41. The van der Waals surface area contributed by atoms with Crippen molar-refractivity contribution < 1.29 is 18.0 Å². The third-order valence-electron chi connectivity index (χ3n) is 3.62. The van der Waals surface area contributed by atoms with Crippen LogP contribution in [0.4, 0.5) is 13.2 Å². The lowest BCUT2D eigenvalue weighted by atomic mass is 10.1. The Morgan fingerprint density at radius 1 is 1.26 bits per heavy atom. The Morgan fingerprint density at radius 3 is 2.42 bits per heavy atom. The van der Waals surface area contributed by atoms with Gasteiger partial charge in [0.2, 0.25) is 0 Å². The second-order valence-corrected chi connectivity index (χ2v) is 6.21. The fourth-order valence-electron chi connectivity index (χ4n) is 2.62. The van der Waals surface area contributed by atoms with E-state index in [9.17, 15) is 18.0 Å². The average Bonchev–Trinajstić information content (AvgIpc) is 2.99. The number of nitrogens with zero attached hydrogens (tertiary/aromatic N) is 1. The molecule has 2 bridgehead atoms. The lowest BCUT2D eigenvalue weighted by molar-refractivity contribution is -0.137. The Morgan fingerprint density at radius 2 is 1.95 bits per heavy atom. The van der Waals surface area contributed by atoms with E-state index in [4.69, 9.17) is 0 Å². The highest BCUT2D eigenvalue weighted by atomic mass is 32.2. The Balaban J connectivity index is 1.77. The maximum absolute atomic E-state index is 12.4. The number of carbonyl (C=O) groups is 1. The minimum atomic E-state index is -4.36. The van der Waals surface area contributed by atoms with E-state index in [0.29, 0.717) is 10.8 Å². The standard InChI is InChI=1S/C13H12F3NOS/c14-13(15,16)9-3-1-8(2-4-9)12(18)17-6-11-5-10(17)7-19-11/h1-4,10-11H,5-7H2. The van der Waals surface area contributed by atoms with Crippen molar-refractivity contribution in [3.8, 4) is 0 Å². The van der Waals surface area contributed by atoms with Crippen LogP contribution in [-0.4, -0.2) is 34.4 Å². The molecule has 2 nitrogen and oxygen atoms in total. The zero-order valence-electron chi connectivity index (χ0n) is 9.98. The predicted octanol–water partition coefficient (Wildman–Crippen LogP) is 3.04. The van der Waals surface area contributed by atoms with Crippen molar-refractivity contribution in [2.45, 2.75) is 23.9 Å². The molecule has 2 fully saturated rings. The van der Waals surface area contributed by atoms with Crippen molar-refractivity contribution in [3.05, 3.63) is 35.4 Å². The molecule has 2 aliphatic heterocycles. The molecule has 2 unspecified atom stereocenters. The second-order valence-electron chi connectivity index (χ2n) is 4.88. The molecule has 1 aromatic rings. The zero-order chi connectivity index (χ0) is 13.6. The summed E-state index contributed by atoms with van der Waals surface area (Å²) in [6.45, 7) is 0.717. The lowest BCUT2D eigenvalue weighted by Crippen LogP contribution is -2.39. The summed E-state index contributed by atoms with van der Waals surface area (Å²) >= 11 is 1.87. The van der Waals surface area contributed by atoms with Crippen LogP contribution < -0.4 is 0 Å². The van der Waals surface area contributed by atoms with Gasteiger partial charge < -0.3 is 4.90 Å². The molecule has 0 saturated carbocycles. The highest BCUT2D eigenvalue weighted by Crippen LogP contribution is 2.38. The summed E-state index contributed by atoms with van der Waals surface area (Å²) in [5.41, 5.74) is -0.381. The molecule has 1 aromatic carbocycles. The molecule has 1 amide bonds. The van der Waals surface area contributed by atoms with Gasteiger partial charge in [-0.25, -0.2) is 0 Å². The Kier molecular flexibility index (Phi) is 3.00.